The van der Waals surface area contributed by atoms with Crippen LogP contribution in [0, 0.1) is 5.92 Å². The van der Waals surface area contributed by atoms with E-state index in [2.05, 4.69) is 28.3 Å². The van der Waals surface area contributed by atoms with Crippen molar-refractivity contribution in [2.45, 2.75) is 26.2 Å². The van der Waals surface area contributed by atoms with Crippen LogP contribution in [0.15, 0.2) is 6.07 Å². The first-order valence-corrected chi connectivity index (χ1v) is 7.95. The van der Waals surface area contributed by atoms with Crippen LogP contribution in [0.2, 0.25) is 0 Å². The fraction of sp³-hybridized carbons (Fsp3) is 0.571. The fourth-order valence-corrected chi connectivity index (χ4v) is 3.05. The number of hydrogen-bond acceptors (Lipinski definition) is 6. The van der Waals surface area contributed by atoms with Gasteiger partial charge in [-0.2, -0.15) is 4.98 Å². The van der Waals surface area contributed by atoms with E-state index in [9.17, 15) is 0 Å². The number of hydrogen-bond donors (Lipinski definition) is 2. The molecule has 0 atom stereocenters. The molecule has 0 aromatic carbocycles. The highest BCUT2D eigenvalue weighted by Gasteiger charge is 2.20. The van der Waals surface area contributed by atoms with Crippen LogP contribution in [0.25, 0.3) is 10.2 Å². The number of anilines is 2. The van der Waals surface area contributed by atoms with Crippen LogP contribution in [-0.2, 0) is 11.2 Å². The molecule has 0 amide bonds. The van der Waals surface area contributed by atoms with E-state index in [1.54, 1.807) is 11.3 Å². The van der Waals surface area contributed by atoms with Crippen molar-refractivity contribution < 1.29 is 4.74 Å². The topological polar surface area (TPSA) is 73.1 Å². The minimum Gasteiger partial charge on any atom is -0.379 e. The summed E-state index contributed by atoms with van der Waals surface area (Å²) in [4.78, 5) is 10.8. The number of nitrogens with one attached hydrogen (secondary N) is 1. The molecular weight excluding hydrogens is 272 g/mol. The predicted molar refractivity (Wildman–Crippen MR) is 83.2 cm³/mol. The Labute approximate surface area is 122 Å². The van der Waals surface area contributed by atoms with E-state index >= 15 is 0 Å². The quantitative estimate of drug-likeness (QED) is 0.768. The zero-order chi connectivity index (χ0) is 13.9. The molecule has 1 fully saturated rings. The van der Waals surface area contributed by atoms with Gasteiger partial charge in [0.25, 0.3) is 0 Å². The number of nitrogens with zero attached hydrogens (tertiary/aromatic N) is 2. The fourth-order valence-electron chi connectivity index (χ4n) is 2.07. The minimum absolute atomic E-state index is 0.323. The third-order valence-electron chi connectivity index (χ3n) is 3.40. The lowest BCUT2D eigenvalue weighted by atomic mass is 10.3. The Balaban J connectivity index is 1.64. The van der Waals surface area contributed by atoms with Gasteiger partial charge in [-0.1, -0.05) is 6.92 Å². The third kappa shape index (κ3) is 3.19. The van der Waals surface area contributed by atoms with E-state index in [0.717, 1.165) is 41.5 Å². The van der Waals surface area contributed by atoms with Crippen molar-refractivity contribution >= 4 is 33.3 Å². The van der Waals surface area contributed by atoms with Gasteiger partial charge in [0.2, 0.25) is 5.95 Å². The number of thiophene rings is 1. The standard InChI is InChI=1S/C14H20N4OS/c1-2-10-7-11-12(17-14(15)18-13(11)20-10)16-5-6-19-8-9-3-4-9/h7,9H,2-6,8H2,1H3,(H3,15,16,17,18). The zero-order valence-corrected chi connectivity index (χ0v) is 12.5. The molecule has 2 aromatic rings. The maximum atomic E-state index is 5.77. The third-order valence-corrected chi connectivity index (χ3v) is 4.57. The van der Waals surface area contributed by atoms with Gasteiger partial charge in [-0.3, -0.25) is 0 Å². The average Bonchev–Trinajstić information content (AvgIpc) is 3.16. The maximum Gasteiger partial charge on any atom is 0.223 e. The second-order valence-corrected chi connectivity index (χ2v) is 6.28. The Morgan fingerprint density at radius 1 is 1.45 bits per heavy atom. The molecule has 6 heteroatoms. The van der Waals surface area contributed by atoms with E-state index in [-0.39, 0.29) is 0 Å². The molecule has 3 N–H and O–H groups in total. The number of aryl methyl sites for hydroxylation is 1. The lowest BCUT2D eigenvalue weighted by Crippen LogP contribution is -2.12. The summed E-state index contributed by atoms with van der Waals surface area (Å²) in [6.45, 7) is 4.48. The van der Waals surface area contributed by atoms with E-state index in [1.807, 2.05) is 0 Å². The lowest BCUT2D eigenvalue weighted by molar-refractivity contribution is 0.134. The van der Waals surface area contributed by atoms with Crippen LogP contribution >= 0.6 is 11.3 Å². The summed E-state index contributed by atoms with van der Waals surface area (Å²) in [6, 6.07) is 2.15. The van der Waals surface area contributed by atoms with Crippen molar-refractivity contribution in [3.8, 4) is 0 Å². The highest BCUT2D eigenvalue weighted by Crippen LogP contribution is 2.30. The summed E-state index contributed by atoms with van der Waals surface area (Å²) in [6.07, 6.45) is 3.65. The van der Waals surface area contributed by atoms with Gasteiger partial charge in [-0.05, 0) is 31.2 Å². The van der Waals surface area contributed by atoms with Crippen LogP contribution in [-0.4, -0.2) is 29.7 Å². The van der Waals surface area contributed by atoms with E-state index < -0.39 is 0 Å². The summed E-state index contributed by atoms with van der Waals surface area (Å²) in [5.74, 6) is 1.95. The molecule has 2 heterocycles. The monoisotopic (exact) mass is 292 g/mol. The molecule has 2 aromatic heterocycles. The van der Waals surface area contributed by atoms with Crippen LogP contribution in [0.1, 0.15) is 24.6 Å². The first kappa shape index (κ1) is 13.6. The summed E-state index contributed by atoms with van der Waals surface area (Å²) in [5.41, 5.74) is 5.77. The molecule has 5 nitrogen and oxygen atoms in total. The largest absolute Gasteiger partial charge is 0.379 e. The van der Waals surface area contributed by atoms with Gasteiger partial charge < -0.3 is 15.8 Å². The molecule has 108 valence electrons. The summed E-state index contributed by atoms with van der Waals surface area (Å²) < 4.78 is 5.61. The second kappa shape index (κ2) is 5.93. The van der Waals surface area contributed by atoms with Crippen molar-refractivity contribution in [3.63, 3.8) is 0 Å². The Morgan fingerprint density at radius 2 is 2.30 bits per heavy atom. The average molecular weight is 292 g/mol. The number of aromatic nitrogens is 2. The van der Waals surface area contributed by atoms with Crippen LogP contribution in [0.5, 0.6) is 0 Å². The van der Waals surface area contributed by atoms with Crippen LogP contribution < -0.4 is 11.1 Å². The number of fused-ring (bicyclic) bond motifs is 1. The normalized spacial score (nSPS) is 14.8. The number of ether oxygens (including phenoxy) is 1. The van der Waals surface area contributed by atoms with Gasteiger partial charge >= 0.3 is 0 Å². The Kier molecular flexibility index (Phi) is 4.03. The van der Waals surface area contributed by atoms with E-state index in [0.29, 0.717) is 12.6 Å². The van der Waals surface area contributed by atoms with Gasteiger partial charge in [0.1, 0.15) is 10.6 Å². The molecule has 0 unspecified atom stereocenters. The van der Waals surface area contributed by atoms with Gasteiger partial charge in [0.15, 0.2) is 0 Å². The predicted octanol–water partition coefficient (Wildman–Crippen LogP) is 2.67. The number of nitrogens with two attached hydrogens (primary N) is 1. The molecule has 1 aliphatic carbocycles. The zero-order valence-electron chi connectivity index (χ0n) is 11.7. The molecular formula is C14H20N4OS. The summed E-state index contributed by atoms with van der Waals surface area (Å²) >= 11 is 1.68. The van der Waals surface area contributed by atoms with Crippen molar-refractivity contribution in [1.29, 1.82) is 0 Å². The summed E-state index contributed by atoms with van der Waals surface area (Å²) in [7, 11) is 0. The van der Waals surface area contributed by atoms with Crippen molar-refractivity contribution in [2.24, 2.45) is 5.92 Å². The highest BCUT2D eigenvalue weighted by atomic mass is 32.1. The molecule has 1 saturated carbocycles. The Hall–Kier alpha value is -1.40. The molecule has 0 aliphatic heterocycles. The van der Waals surface area contributed by atoms with Gasteiger partial charge in [-0.25, -0.2) is 4.98 Å². The van der Waals surface area contributed by atoms with Gasteiger partial charge in [-0.15, -0.1) is 11.3 Å². The number of rotatable bonds is 7. The van der Waals surface area contributed by atoms with Crippen molar-refractivity contribution in [1.82, 2.24) is 9.97 Å². The van der Waals surface area contributed by atoms with Crippen LogP contribution in [0.3, 0.4) is 0 Å². The molecule has 3 rings (SSSR count). The minimum atomic E-state index is 0.323. The molecule has 0 radical (unpaired) electrons. The van der Waals surface area contributed by atoms with Crippen LogP contribution in [0.4, 0.5) is 11.8 Å². The highest BCUT2D eigenvalue weighted by molar-refractivity contribution is 7.18. The molecule has 20 heavy (non-hydrogen) atoms. The first-order chi connectivity index (χ1) is 9.76. The SMILES string of the molecule is CCc1cc2c(NCCOCC3CC3)nc(N)nc2s1. The van der Waals surface area contributed by atoms with E-state index in [1.165, 1.54) is 17.7 Å². The molecule has 1 aliphatic rings. The smallest absolute Gasteiger partial charge is 0.223 e. The Bertz CT molecular complexity index is 594. The lowest BCUT2D eigenvalue weighted by Gasteiger charge is -2.07. The first-order valence-electron chi connectivity index (χ1n) is 7.14. The van der Waals surface area contributed by atoms with E-state index in [4.69, 9.17) is 10.5 Å². The van der Waals surface area contributed by atoms with Gasteiger partial charge in [0, 0.05) is 18.0 Å². The van der Waals surface area contributed by atoms with Gasteiger partial charge in [0.05, 0.1) is 12.0 Å². The molecule has 0 bridgehead atoms. The second-order valence-electron chi connectivity index (χ2n) is 5.16. The summed E-state index contributed by atoms with van der Waals surface area (Å²) in [5, 5.41) is 4.37. The number of nitrogen functional groups attached to an aromatic ring is 1. The molecule has 0 spiro atoms. The van der Waals surface area contributed by atoms with Crippen molar-refractivity contribution in [2.75, 3.05) is 30.8 Å². The Morgan fingerprint density at radius 3 is 3.05 bits per heavy atom. The van der Waals surface area contributed by atoms with Crippen molar-refractivity contribution in [3.05, 3.63) is 10.9 Å². The maximum absolute atomic E-state index is 5.77. The molecule has 0 saturated heterocycles.